The van der Waals surface area contributed by atoms with Gasteiger partial charge in [0.05, 0.1) is 22.6 Å². The Morgan fingerprint density at radius 2 is 0.704 bits per heavy atom. The average molecular weight is 761 g/mol. The quantitative estimate of drug-likeness (QED) is 0.145. The minimum Gasteiger partial charge on any atom is -0.381 e. The summed E-state index contributed by atoms with van der Waals surface area (Å²) in [7, 11) is -0.698. The van der Waals surface area contributed by atoms with Gasteiger partial charge in [-0.15, -0.1) is 0 Å². The Morgan fingerprint density at radius 1 is 0.444 bits per heavy atom. The molecule has 8 rings (SSSR count). The summed E-state index contributed by atoms with van der Waals surface area (Å²) in [6.07, 6.45) is 10.3. The van der Waals surface area contributed by atoms with E-state index in [1.807, 2.05) is 36.4 Å². The molecule has 288 valence electrons. The van der Waals surface area contributed by atoms with Gasteiger partial charge in [0.25, 0.3) is 0 Å². The maximum Gasteiger partial charge on any atom is 1.00 e. The first-order valence-corrected chi connectivity index (χ1v) is 24.7. The fourth-order valence-corrected chi connectivity index (χ4v) is 17.6. The topological polar surface area (TPSA) is 18.5 Å². The number of rotatable bonds is 6. The van der Waals surface area contributed by atoms with E-state index in [0.29, 0.717) is 0 Å². The maximum atomic E-state index is 4.94. The number of hydrogen-bond donors (Lipinski definition) is 0. The SMILES string of the molecule is C1CCOC1.C1CCOC1.C[C@@H]1CC[C@@H](C)[PH+]1C[B-](C[PH+]1[C@H](C)CC[C@H]1C)(c1ccccc1)c1ccccc1.Cc1ccccc1.Cc1ccccc1.[Li+]. The van der Waals surface area contributed by atoms with Crippen LogP contribution in [0.1, 0.15) is 90.2 Å². The molecule has 4 fully saturated rings. The molecule has 0 amide bonds. The Balaban J connectivity index is 0.000000249. The van der Waals surface area contributed by atoms with Gasteiger partial charge in [0.2, 0.25) is 0 Å². The second-order valence-electron chi connectivity index (χ2n) is 16.3. The van der Waals surface area contributed by atoms with Gasteiger partial charge in [-0.25, -0.2) is 0 Å². The van der Waals surface area contributed by atoms with E-state index in [1.165, 1.54) is 74.6 Å². The predicted octanol–water partition coefficient (Wildman–Crippen LogP) is 8.49. The zero-order chi connectivity index (χ0) is 37.7. The Morgan fingerprint density at radius 3 is 0.907 bits per heavy atom. The summed E-state index contributed by atoms with van der Waals surface area (Å²) in [4.78, 5) is 0. The van der Waals surface area contributed by atoms with E-state index in [-0.39, 0.29) is 34.7 Å². The summed E-state index contributed by atoms with van der Waals surface area (Å²) in [6.45, 7) is 18.5. The minimum absolute atomic E-state index is 0. The molecule has 0 aliphatic carbocycles. The van der Waals surface area contributed by atoms with Gasteiger partial charge in [0, 0.05) is 26.4 Å². The molecule has 4 aliphatic rings. The molecule has 2 nitrogen and oxygen atoms in total. The van der Waals surface area contributed by atoms with Crippen LogP contribution in [0.25, 0.3) is 0 Å². The smallest absolute Gasteiger partial charge is 0.381 e. The largest absolute Gasteiger partial charge is 1.00 e. The van der Waals surface area contributed by atoms with E-state index in [4.69, 9.17) is 9.47 Å². The van der Waals surface area contributed by atoms with Crippen LogP contribution < -0.4 is 29.8 Å². The Kier molecular flexibility index (Phi) is 22.7. The van der Waals surface area contributed by atoms with Crippen molar-refractivity contribution in [2.24, 2.45) is 0 Å². The fourth-order valence-electron chi connectivity index (χ4n) is 8.79. The van der Waals surface area contributed by atoms with Gasteiger partial charge in [-0.3, -0.25) is 0 Å². The summed E-state index contributed by atoms with van der Waals surface area (Å²) in [5.74, 6) is 0. The summed E-state index contributed by atoms with van der Waals surface area (Å²) >= 11 is 0. The molecule has 4 atom stereocenters. The van der Waals surface area contributed by atoms with Crippen LogP contribution in [0.3, 0.4) is 0 Å². The standard InChI is InChI=1S/C26H38BP2.2C7H8.2C4H8O.Li/c1-21-15-16-22(2)28(21)19-27(25-11-7-5-8-12-25,26-13-9-6-10-14-26)20-29-23(3)17-18-24(29)4;2*1-7-5-3-2-4-6-7;2*1-2-4-5-3-1;/h5-14,21-24H,15-20H2,1-4H3;2*2-6H,1H3;2*1-4H2;/q-1;;;;;+1/p+2/t21-,22-,23-,24-;;;;;/m1...../s1. The van der Waals surface area contributed by atoms with Crippen molar-refractivity contribution < 1.29 is 28.3 Å². The van der Waals surface area contributed by atoms with Crippen molar-refractivity contribution in [3.63, 3.8) is 0 Å². The van der Waals surface area contributed by atoms with Crippen LogP contribution in [-0.4, -0.2) is 67.3 Å². The Labute approximate surface area is 346 Å². The van der Waals surface area contributed by atoms with Crippen LogP contribution in [0.2, 0.25) is 0 Å². The molecule has 4 aromatic carbocycles. The summed E-state index contributed by atoms with van der Waals surface area (Å²) < 4.78 is 9.89. The second-order valence-corrected chi connectivity index (χ2v) is 23.4. The molecule has 0 N–H and O–H groups in total. The van der Waals surface area contributed by atoms with E-state index in [9.17, 15) is 0 Å². The first kappa shape index (κ1) is 46.7. The van der Waals surface area contributed by atoms with Crippen LogP contribution in [-0.2, 0) is 9.47 Å². The van der Waals surface area contributed by atoms with Gasteiger partial charge in [-0.1, -0.05) is 145 Å². The molecule has 4 aliphatic heterocycles. The van der Waals surface area contributed by atoms with Crippen LogP contribution in [0, 0.1) is 13.8 Å². The number of ether oxygens (including phenoxy) is 2. The normalized spacial score (nSPS) is 22.2. The Hall–Kier alpha value is -1.68. The van der Waals surface area contributed by atoms with Crippen molar-refractivity contribution in [1.29, 1.82) is 0 Å². The second kappa shape index (κ2) is 26.3. The molecule has 6 heteroatoms. The molecule has 4 aromatic rings. The number of hydrogen-bond acceptors (Lipinski definition) is 2. The maximum absolute atomic E-state index is 4.94. The zero-order valence-corrected chi connectivity index (χ0v) is 37.1. The van der Waals surface area contributed by atoms with Gasteiger partial charge in [-0.05, 0) is 109 Å². The van der Waals surface area contributed by atoms with Crippen molar-refractivity contribution in [2.75, 3.05) is 38.6 Å². The van der Waals surface area contributed by atoms with E-state index in [0.717, 1.165) is 49.1 Å². The molecular formula is C48H72BLiO2P2+2. The number of benzene rings is 4. The minimum atomic E-state index is -0.665. The fraction of sp³-hybridized carbons (Fsp3) is 0.500. The first-order valence-electron chi connectivity index (χ1n) is 21.0. The van der Waals surface area contributed by atoms with Gasteiger partial charge in [-0.2, -0.15) is 10.9 Å². The first-order chi connectivity index (χ1) is 25.8. The van der Waals surface area contributed by atoms with E-state index in [2.05, 4.69) is 126 Å². The molecular weight excluding hydrogens is 688 g/mol. The monoisotopic (exact) mass is 761 g/mol. The summed E-state index contributed by atoms with van der Waals surface area (Å²) in [5.41, 5.74) is 9.85. The molecule has 0 radical (unpaired) electrons. The third-order valence-electron chi connectivity index (χ3n) is 12.2. The molecule has 0 aromatic heterocycles. The summed E-state index contributed by atoms with van der Waals surface area (Å²) in [5, 5.41) is 0. The summed E-state index contributed by atoms with van der Waals surface area (Å²) in [6, 6.07) is 47.0. The van der Waals surface area contributed by atoms with Crippen LogP contribution in [0.15, 0.2) is 121 Å². The third kappa shape index (κ3) is 15.7. The van der Waals surface area contributed by atoms with Gasteiger partial charge < -0.3 is 9.47 Å². The predicted molar refractivity (Wildman–Crippen MR) is 243 cm³/mol. The van der Waals surface area contributed by atoms with Crippen molar-refractivity contribution in [3.05, 3.63) is 132 Å². The molecule has 4 saturated heterocycles. The average Bonchev–Trinajstić information content (AvgIpc) is 4.05. The van der Waals surface area contributed by atoms with Crippen LogP contribution >= 0.6 is 15.8 Å². The van der Waals surface area contributed by atoms with Crippen molar-refractivity contribution in [1.82, 2.24) is 0 Å². The molecule has 0 bridgehead atoms. The molecule has 0 spiro atoms. The van der Waals surface area contributed by atoms with E-state index in [1.54, 1.807) is 10.9 Å². The number of aryl methyl sites for hydroxylation is 2. The van der Waals surface area contributed by atoms with Crippen LogP contribution in [0.4, 0.5) is 0 Å². The Bertz CT molecular complexity index is 1340. The van der Waals surface area contributed by atoms with Crippen molar-refractivity contribution >= 4 is 32.9 Å². The molecule has 4 heterocycles. The van der Waals surface area contributed by atoms with Crippen molar-refractivity contribution in [2.45, 2.75) is 116 Å². The zero-order valence-electron chi connectivity index (χ0n) is 35.1. The van der Waals surface area contributed by atoms with Gasteiger partial charge in [0.15, 0.2) is 0 Å². The van der Waals surface area contributed by atoms with E-state index < -0.39 is 6.15 Å². The van der Waals surface area contributed by atoms with Crippen molar-refractivity contribution in [3.8, 4) is 0 Å². The molecule has 54 heavy (non-hydrogen) atoms. The third-order valence-corrected chi connectivity index (χ3v) is 20.7. The van der Waals surface area contributed by atoms with Gasteiger partial charge in [0.1, 0.15) is 6.15 Å². The van der Waals surface area contributed by atoms with Gasteiger partial charge >= 0.3 is 18.9 Å². The molecule has 0 unspecified atom stereocenters. The van der Waals surface area contributed by atoms with E-state index >= 15 is 0 Å². The molecule has 0 saturated carbocycles. The van der Waals surface area contributed by atoms with Crippen LogP contribution in [0.5, 0.6) is 0 Å².